The van der Waals surface area contributed by atoms with Gasteiger partial charge in [-0.25, -0.2) is 0 Å². The summed E-state index contributed by atoms with van der Waals surface area (Å²) >= 11 is 0. The van der Waals surface area contributed by atoms with E-state index < -0.39 is 0 Å². The van der Waals surface area contributed by atoms with Crippen LogP contribution < -0.4 is 10.6 Å². The van der Waals surface area contributed by atoms with Crippen molar-refractivity contribution in [1.29, 1.82) is 0 Å². The number of hydrogen-bond acceptors (Lipinski definition) is 3. The Morgan fingerprint density at radius 2 is 2.21 bits per heavy atom. The van der Waals surface area contributed by atoms with Crippen molar-refractivity contribution in [3.63, 3.8) is 0 Å². The second-order valence-electron chi connectivity index (χ2n) is 6.68. The molecule has 0 bridgehead atoms. The Hall–Kier alpha value is -0.860. The molecule has 2 atom stereocenters. The van der Waals surface area contributed by atoms with Crippen molar-refractivity contribution in [2.24, 2.45) is 10.4 Å². The third-order valence-corrected chi connectivity index (χ3v) is 5.16. The number of guanidine groups is 1. The molecule has 2 aliphatic rings. The topological polar surface area (TPSA) is 65.9 Å². The van der Waals surface area contributed by atoms with E-state index in [1.165, 1.54) is 11.1 Å². The van der Waals surface area contributed by atoms with Gasteiger partial charge in [-0.15, -0.1) is 24.0 Å². The predicted molar refractivity (Wildman–Crippen MR) is 107 cm³/mol. The van der Waals surface area contributed by atoms with Crippen molar-refractivity contribution in [3.8, 4) is 0 Å². The van der Waals surface area contributed by atoms with E-state index >= 15 is 0 Å². The summed E-state index contributed by atoms with van der Waals surface area (Å²) in [7, 11) is 1.80. The zero-order valence-corrected chi connectivity index (χ0v) is 16.6. The number of ether oxygens (including phenoxy) is 1. The van der Waals surface area contributed by atoms with Gasteiger partial charge < -0.3 is 20.5 Å². The quantitative estimate of drug-likeness (QED) is 0.356. The van der Waals surface area contributed by atoms with Crippen LogP contribution in [0.4, 0.5) is 0 Å². The van der Waals surface area contributed by atoms with E-state index in [2.05, 4.69) is 39.9 Å². The molecule has 0 saturated carbocycles. The molecular weight excluding hydrogens is 417 g/mol. The number of aliphatic imine (C=N–C) groups is 1. The fraction of sp³-hybridized carbons (Fsp3) is 0.611. The largest absolute Gasteiger partial charge is 0.396 e. The van der Waals surface area contributed by atoms with Gasteiger partial charge in [0, 0.05) is 44.7 Å². The summed E-state index contributed by atoms with van der Waals surface area (Å²) < 4.78 is 5.53. The molecule has 1 aromatic carbocycles. The Balaban J connectivity index is 0.00000208. The SMILES string of the molecule is CN=C(NCC1Cc2ccccc21)NCC1(CCO)CCOC1.I. The maximum absolute atomic E-state index is 9.29. The first-order valence-corrected chi connectivity index (χ1v) is 8.47. The van der Waals surface area contributed by atoms with Crippen molar-refractivity contribution in [2.75, 3.05) is 40.0 Å². The van der Waals surface area contributed by atoms with Crippen molar-refractivity contribution in [2.45, 2.75) is 25.2 Å². The van der Waals surface area contributed by atoms with Gasteiger partial charge in [-0.05, 0) is 30.4 Å². The van der Waals surface area contributed by atoms with Crippen LogP contribution in [-0.4, -0.2) is 51.0 Å². The van der Waals surface area contributed by atoms with Gasteiger partial charge in [0.05, 0.1) is 6.61 Å². The van der Waals surface area contributed by atoms with Gasteiger partial charge in [0.15, 0.2) is 5.96 Å². The molecule has 0 spiro atoms. The molecule has 3 rings (SSSR count). The molecule has 6 heteroatoms. The number of rotatable bonds is 6. The molecule has 1 saturated heterocycles. The molecule has 24 heavy (non-hydrogen) atoms. The van der Waals surface area contributed by atoms with Crippen LogP contribution in [0.1, 0.15) is 29.9 Å². The van der Waals surface area contributed by atoms with Crippen LogP contribution >= 0.6 is 24.0 Å². The smallest absolute Gasteiger partial charge is 0.191 e. The van der Waals surface area contributed by atoms with Gasteiger partial charge in [0.1, 0.15) is 0 Å². The van der Waals surface area contributed by atoms with Crippen LogP contribution in [0.2, 0.25) is 0 Å². The van der Waals surface area contributed by atoms with Crippen molar-refractivity contribution < 1.29 is 9.84 Å². The molecule has 0 aromatic heterocycles. The van der Waals surface area contributed by atoms with Gasteiger partial charge in [0.25, 0.3) is 0 Å². The van der Waals surface area contributed by atoms with E-state index in [0.29, 0.717) is 12.5 Å². The lowest BCUT2D eigenvalue weighted by molar-refractivity contribution is 0.127. The number of aliphatic hydroxyl groups excluding tert-OH is 1. The summed E-state index contributed by atoms with van der Waals surface area (Å²) in [4.78, 5) is 4.32. The number of hydrogen-bond donors (Lipinski definition) is 3. The highest BCUT2D eigenvalue weighted by molar-refractivity contribution is 14.0. The average Bonchev–Trinajstić information content (AvgIpc) is 3.00. The molecule has 1 aliphatic heterocycles. The first-order chi connectivity index (χ1) is 11.3. The van der Waals surface area contributed by atoms with Crippen LogP contribution in [0.3, 0.4) is 0 Å². The maximum atomic E-state index is 9.29. The molecule has 1 aromatic rings. The normalized spacial score (nSPS) is 25.4. The third kappa shape index (κ3) is 4.40. The Morgan fingerprint density at radius 1 is 1.38 bits per heavy atom. The molecule has 5 nitrogen and oxygen atoms in total. The zero-order valence-electron chi connectivity index (χ0n) is 14.3. The number of aliphatic hydroxyl groups is 1. The number of fused-ring (bicyclic) bond motifs is 1. The minimum Gasteiger partial charge on any atom is -0.396 e. The van der Waals surface area contributed by atoms with Gasteiger partial charge in [-0.3, -0.25) is 4.99 Å². The van der Waals surface area contributed by atoms with Crippen LogP contribution in [0.25, 0.3) is 0 Å². The number of benzene rings is 1. The van der Waals surface area contributed by atoms with E-state index in [-0.39, 0.29) is 36.0 Å². The highest BCUT2D eigenvalue weighted by Crippen LogP contribution is 2.34. The minimum absolute atomic E-state index is 0. The standard InChI is InChI=1S/C18H27N3O2.HI/c1-19-17(21-12-18(6-8-22)7-9-23-13-18)20-11-15-10-14-4-2-3-5-16(14)15;/h2-5,15,22H,6-13H2,1H3,(H2,19,20,21);1H. The molecule has 0 amide bonds. The van der Waals surface area contributed by atoms with Crippen molar-refractivity contribution in [1.82, 2.24) is 10.6 Å². The second kappa shape index (κ2) is 9.01. The fourth-order valence-corrected chi connectivity index (χ4v) is 3.57. The lowest BCUT2D eigenvalue weighted by atomic mass is 9.78. The predicted octanol–water partition coefficient (Wildman–Crippen LogP) is 1.90. The number of nitrogens with one attached hydrogen (secondary N) is 2. The summed E-state index contributed by atoms with van der Waals surface area (Å²) in [6, 6.07) is 8.63. The van der Waals surface area contributed by atoms with E-state index in [4.69, 9.17) is 4.74 Å². The Labute approximate surface area is 161 Å². The fourth-order valence-electron chi connectivity index (χ4n) is 3.57. The van der Waals surface area contributed by atoms with E-state index in [0.717, 1.165) is 44.9 Å². The Bertz CT molecular complexity index is 559. The summed E-state index contributed by atoms with van der Waals surface area (Å²) in [5.74, 6) is 1.41. The van der Waals surface area contributed by atoms with Crippen LogP contribution in [-0.2, 0) is 11.2 Å². The second-order valence-corrected chi connectivity index (χ2v) is 6.68. The van der Waals surface area contributed by atoms with E-state index in [1.54, 1.807) is 7.05 Å². The molecule has 0 radical (unpaired) electrons. The Morgan fingerprint density at radius 3 is 2.88 bits per heavy atom. The molecule has 3 N–H and O–H groups in total. The number of nitrogens with zero attached hydrogens (tertiary/aromatic N) is 1. The van der Waals surface area contributed by atoms with Crippen LogP contribution in [0.15, 0.2) is 29.3 Å². The molecular formula is C18H28IN3O2. The molecule has 134 valence electrons. The lowest BCUT2D eigenvalue weighted by Crippen LogP contribution is -2.46. The van der Waals surface area contributed by atoms with Crippen LogP contribution in [0.5, 0.6) is 0 Å². The van der Waals surface area contributed by atoms with Crippen LogP contribution in [0, 0.1) is 5.41 Å². The lowest BCUT2D eigenvalue weighted by Gasteiger charge is -2.31. The monoisotopic (exact) mass is 445 g/mol. The zero-order chi connectivity index (χ0) is 16.1. The van der Waals surface area contributed by atoms with Crippen molar-refractivity contribution >= 4 is 29.9 Å². The third-order valence-electron chi connectivity index (χ3n) is 5.16. The Kier molecular flexibility index (Phi) is 7.31. The first kappa shape index (κ1) is 19.5. The molecule has 1 fully saturated rings. The van der Waals surface area contributed by atoms with Gasteiger partial charge >= 0.3 is 0 Å². The highest BCUT2D eigenvalue weighted by Gasteiger charge is 2.34. The van der Waals surface area contributed by atoms with Gasteiger partial charge in [-0.2, -0.15) is 0 Å². The van der Waals surface area contributed by atoms with E-state index in [9.17, 15) is 5.11 Å². The molecule has 2 unspecified atom stereocenters. The summed E-state index contributed by atoms with van der Waals surface area (Å²) in [5.41, 5.74) is 2.96. The molecule has 1 aliphatic carbocycles. The maximum Gasteiger partial charge on any atom is 0.191 e. The van der Waals surface area contributed by atoms with E-state index in [1.807, 2.05) is 0 Å². The summed E-state index contributed by atoms with van der Waals surface area (Å²) in [6.45, 7) is 3.39. The van der Waals surface area contributed by atoms with Crippen molar-refractivity contribution in [3.05, 3.63) is 35.4 Å². The van der Waals surface area contributed by atoms with Gasteiger partial charge in [-0.1, -0.05) is 24.3 Å². The molecule has 1 heterocycles. The minimum atomic E-state index is 0. The van der Waals surface area contributed by atoms with Gasteiger partial charge in [0.2, 0.25) is 0 Å². The average molecular weight is 445 g/mol. The summed E-state index contributed by atoms with van der Waals surface area (Å²) in [6.07, 6.45) is 2.91. The summed E-state index contributed by atoms with van der Waals surface area (Å²) in [5, 5.41) is 16.1. The first-order valence-electron chi connectivity index (χ1n) is 8.47. The number of halogens is 1. The highest BCUT2D eigenvalue weighted by atomic mass is 127.